The quantitative estimate of drug-likeness (QED) is 0.845. The third-order valence-corrected chi connectivity index (χ3v) is 2.84. The largest absolute Gasteiger partial charge is 0.478 e. The van der Waals surface area contributed by atoms with E-state index in [2.05, 4.69) is 10.3 Å². The lowest BCUT2D eigenvalue weighted by atomic mass is 10.1. The maximum absolute atomic E-state index is 11.6. The van der Waals surface area contributed by atoms with Crippen LogP contribution in [0.3, 0.4) is 0 Å². The van der Waals surface area contributed by atoms with E-state index in [9.17, 15) is 9.59 Å². The summed E-state index contributed by atoms with van der Waals surface area (Å²) in [5, 5.41) is 11.7. The van der Waals surface area contributed by atoms with E-state index in [0.29, 0.717) is 24.4 Å². The van der Waals surface area contributed by atoms with Crippen molar-refractivity contribution < 1.29 is 14.7 Å². The Morgan fingerprint density at radius 1 is 1.37 bits per heavy atom. The number of pyridine rings is 1. The van der Waals surface area contributed by atoms with Gasteiger partial charge in [-0.2, -0.15) is 0 Å². The van der Waals surface area contributed by atoms with Crippen molar-refractivity contribution in [3.63, 3.8) is 0 Å². The Labute approximate surface area is 112 Å². The summed E-state index contributed by atoms with van der Waals surface area (Å²) in [6.45, 7) is 4.64. The molecule has 6 heteroatoms. The fraction of sp³-hybridized carbons (Fsp3) is 0.462. The van der Waals surface area contributed by atoms with Crippen LogP contribution in [0.1, 0.15) is 35.6 Å². The van der Waals surface area contributed by atoms with Gasteiger partial charge in [-0.25, -0.2) is 9.59 Å². The van der Waals surface area contributed by atoms with Gasteiger partial charge in [0.05, 0.1) is 23.5 Å². The molecule has 1 rings (SSSR count). The van der Waals surface area contributed by atoms with Gasteiger partial charge in [0.25, 0.3) is 0 Å². The predicted molar refractivity (Wildman–Crippen MR) is 71.1 cm³/mol. The van der Waals surface area contributed by atoms with Gasteiger partial charge < -0.3 is 15.3 Å². The SMILES string of the molecule is CCc1nc(CNC(=O)N(C)CC)ccc1C(=O)O. The Balaban J connectivity index is 2.75. The molecule has 19 heavy (non-hydrogen) atoms. The molecule has 0 saturated carbocycles. The van der Waals surface area contributed by atoms with E-state index in [1.165, 1.54) is 6.07 Å². The highest BCUT2D eigenvalue weighted by molar-refractivity contribution is 5.88. The standard InChI is InChI=1S/C13H19N3O3/c1-4-11-10(12(17)18)7-6-9(15-11)8-14-13(19)16(3)5-2/h6-7H,4-5,8H2,1-3H3,(H,14,19)(H,17,18). The molecule has 1 aromatic heterocycles. The van der Waals surface area contributed by atoms with E-state index in [1.807, 2.05) is 13.8 Å². The molecule has 0 atom stereocenters. The van der Waals surface area contributed by atoms with Gasteiger partial charge in [0.2, 0.25) is 0 Å². The van der Waals surface area contributed by atoms with E-state index in [1.54, 1.807) is 18.0 Å². The van der Waals surface area contributed by atoms with Crippen LogP contribution in [0.4, 0.5) is 4.79 Å². The Hall–Kier alpha value is -2.11. The molecule has 0 aliphatic rings. The highest BCUT2D eigenvalue weighted by Crippen LogP contribution is 2.09. The number of nitrogens with zero attached hydrogens (tertiary/aromatic N) is 2. The normalized spacial score (nSPS) is 10.1. The first-order chi connectivity index (χ1) is 8.99. The minimum absolute atomic E-state index is 0.176. The van der Waals surface area contributed by atoms with E-state index >= 15 is 0 Å². The van der Waals surface area contributed by atoms with Crippen molar-refractivity contribution >= 4 is 12.0 Å². The van der Waals surface area contributed by atoms with Crippen LogP contribution >= 0.6 is 0 Å². The average molecular weight is 265 g/mol. The summed E-state index contributed by atoms with van der Waals surface area (Å²) in [6.07, 6.45) is 0.540. The van der Waals surface area contributed by atoms with Crippen molar-refractivity contribution in [3.8, 4) is 0 Å². The van der Waals surface area contributed by atoms with Gasteiger partial charge in [-0.3, -0.25) is 4.98 Å². The van der Waals surface area contributed by atoms with E-state index in [4.69, 9.17) is 5.11 Å². The van der Waals surface area contributed by atoms with Crippen molar-refractivity contribution in [1.29, 1.82) is 0 Å². The molecule has 1 heterocycles. The number of carboxylic acids is 1. The smallest absolute Gasteiger partial charge is 0.337 e. The van der Waals surface area contributed by atoms with Gasteiger partial charge in [-0.05, 0) is 25.5 Å². The van der Waals surface area contributed by atoms with Crippen LogP contribution < -0.4 is 5.32 Å². The molecule has 0 saturated heterocycles. The van der Waals surface area contributed by atoms with Crippen molar-refractivity contribution in [2.75, 3.05) is 13.6 Å². The lowest BCUT2D eigenvalue weighted by molar-refractivity contribution is 0.0695. The maximum Gasteiger partial charge on any atom is 0.337 e. The monoisotopic (exact) mass is 265 g/mol. The molecule has 0 spiro atoms. The van der Waals surface area contributed by atoms with Crippen LogP contribution in [-0.2, 0) is 13.0 Å². The number of carbonyl (C=O) groups is 2. The summed E-state index contributed by atoms with van der Waals surface area (Å²) in [6, 6.07) is 2.97. The van der Waals surface area contributed by atoms with Gasteiger partial charge >= 0.3 is 12.0 Å². The van der Waals surface area contributed by atoms with Crippen LogP contribution in [0.5, 0.6) is 0 Å². The number of aryl methyl sites for hydroxylation is 1. The fourth-order valence-electron chi connectivity index (χ4n) is 1.55. The highest BCUT2D eigenvalue weighted by Gasteiger charge is 2.11. The minimum Gasteiger partial charge on any atom is -0.478 e. The number of rotatable bonds is 5. The van der Waals surface area contributed by atoms with Crippen LogP contribution in [0.15, 0.2) is 12.1 Å². The van der Waals surface area contributed by atoms with Crippen molar-refractivity contribution in [1.82, 2.24) is 15.2 Å². The molecule has 6 nitrogen and oxygen atoms in total. The zero-order chi connectivity index (χ0) is 14.4. The molecule has 2 amide bonds. The Kier molecular flexibility index (Phi) is 5.29. The second-order valence-electron chi connectivity index (χ2n) is 4.13. The number of hydrogen-bond donors (Lipinski definition) is 2. The average Bonchev–Trinajstić information content (AvgIpc) is 2.43. The topological polar surface area (TPSA) is 82.5 Å². The summed E-state index contributed by atoms with van der Waals surface area (Å²) in [5.41, 5.74) is 1.39. The van der Waals surface area contributed by atoms with E-state index in [0.717, 1.165) is 0 Å². The van der Waals surface area contributed by atoms with Crippen LogP contribution in [0, 0.1) is 0 Å². The van der Waals surface area contributed by atoms with E-state index < -0.39 is 5.97 Å². The van der Waals surface area contributed by atoms with Crippen LogP contribution in [0.25, 0.3) is 0 Å². The molecular formula is C13H19N3O3. The van der Waals surface area contributed by atoms with E-state index in [-0.39, 0.29) is 18.1 Å². The second-order valence-corrected chi connectivity index (χ2v) is 4.13. The lowest BCUT2D eigenvalue weighted by Gasteiger charge is -2.15. The number of aromatic carboxylic acids is 1. The molecule has 0 unspecified atom stereocenters. The first-order valence-corrected chi connectivity index (χ1v) is 6.20. The number of hydrogen-bond acceptors (Lipinski definition) is 3. The Morgan fingerprint density at radius 2 is 2.05 bits per heavy atom. The summed E-state index contributed by atoms with van der Waals surface area (Å²) in [7, 11) is 1.70. The summed E-state index contributed by atoms with van der Waals surface area (Å²) < 4.78 is 0. The van der Waals surface area contributed by atoms with Gasteiger partial charge in [0, 0.05) is 13.6 Å². The first kappa shape index (κ1) is 14.9. The number of amides is 2. The number of nitrogens with one attached hydrogen (secondary N) is 1. The Morgan fingerprint density at radius 3 is 2.58 bits per heavy atom. The summed E-state index contributed by atoms with van der Waals surface area (Å²) in [4.78, 5) is 28.3. The van der Waals surface area contributed by atoms with Gasteiger partial charge in [-0.15, -0.1) is 0 Å². The summed E-state index contributed by atoms with van der Waals surface area (Å²) in [5.74, 6) is -0.981. The number of urea groups is 1. The molecule has 2 N–H and O–H groups in total. The van der Waals surface area contributed by atoms with Crippen LogP contribution in [-0.4, -0.2) is 40.6 Å². The Bertz CT molecular complexity index is 474. The van der Waals surface area contributed by atoms with Crippen molar-refractivity contribution in [2.24, 2.45) is 0 Å². The third-order valence-electron chi connectivity index (χ3n) is 2.84. The number of aromatic nitrogens is 1. The highest BCUT2D eigenvalue weighted by atomic mass is 16.4. The number of carbonyl (C=O) groups excluding carboxylic acids is 1. The molecule has 0 aliphatic heterocycles. The number of carboxylic acid groups (broad SMARTS) is 1. The fourth-order valence-corrected chi connectivity index (χ4v) is 1.55. The summed E-state index contributed by atoms with van der Waals surface area (Å²) >= 11 is 0. The molecule has 0 aromatic carbocycles. The third kappa shape index (κ3) is 3.94. The zero-order valence-electron chi connectivity index (χ0n) is 11.4. The molecule has 0 fully saturated rings. The molecular weight excluding hydrogens is 246 g/mol. The van der Waals surface area contributed by atoms with Crippen molar-refractivity contribution in [3.05, 3.63) is 29.1 Å². The van der Waals surface area contributed by atoms with Crippen LogP contribution in [0.2, 0.25) is 0 Å². The zero-order valence-corrected chi connectivity index (χ0v) is 11.4. The first-order valence-electron chi connectivity index (χ1n) is 6.20. The molecule has 0 radical (unpaired) electrons. The minimum atomic E-state index is -0.981. The molecule has 104 valence electrons. The lowest BCUT2D eigenvalue weighted by Crippen LogP contribution is -2.36. The molecule has 1 aromatic rings. The molecule has 0 aliphatic carbocycles. The second kappa shape index (κ2) is 6.72. The van der Waals surface area contributed by atoms with Crippen molar-refractivity contribution in [2.45, 2.75) is 26.8 Å². The van der Waals surface area contributed by atoms with Gasteiger partial charge in [0.1, 0.15) is 0 Å². The van der Waals surface area contributed by atoms with Gasteiger partial charge in [0.15, 0.2) is 0 Å². The van der Waals surface area contributed by atoms with Gasteiger partial charge in [-0.1, -0.05) is 6.92 Å². The predicted octanol–water partition coefficient (Wildman–Crippen LogP) is 1.50. The maximum atomic E-state index is 11.6. The molecule has 0 bridgehead atoms.